The fourth-order valence-electron chi connectivity index (χ4n) is 4.37. The van der Waals surface area contributed by atoms with E-state index in [4.69, 9.17) is 9.84 Å². The summed E-state index contributed by atoms with van der Waals surface area (Å²) in [5.41, 5.74) is 5.14. The lowest BCUT2D eigenvalue weighted by atomic mass is 9.98. The first-order valence-electron chi connectivity index (χ1n) is 11.1. The van der Waals surface area contributed by atoms with Crippen molar-refractivity contribution in [3.8, 4) is 11.1 Å². The summed E-state index contributed by atoms with van der Waals surface area (Å²) in [6.07, 6.45) is 2.18. The van der Waals surface area contributed by atoms with E-state index in [9.17, 15) is 14.4 Å². The average Bonchev–Trinajstić information content (AvgIpc) is 3.38. The van der Waals surface area contributed by atoms with Crippen molar-refractivity contribution in [2.24, 2.45) is 7.05 Å². The van der Waals surface area contributed by atoms with Crippen LogP contribution in [0.2, 0.25) is 0 Å². The Hall–Kier alpha value is -4.40. The summed E-state index contributed by atoms with van der Waals surface area (Å²) in [7, 11) is 1.64. The number of alkyl carbamates (subject to hydrolysis) is 1. The highest BCUT2D eigenvalue weighted by Crippen LogP contribution is 2.44. The van der Waals surface area contributed by atoms with Crippen LogP contribution in [-0.4, -0.2) is 57.5 Å². The van der Waals surface area contributed by atoms with Crippen LogP contribution in [0, 0.1) is 0 Å². The number of aromatic nitrogens is 2. The molecule has 0 fully saturated rings. The standard InChI is InChI=1S/C26H26N4O5/c1-3-12-30(15-24(31)32)25(33)21-13-28-29(2)23(21)14-27-26(34)35-16-22-19-10-6-4-8-17(19)18-9-5-7-11-20(18)22/h3-11,13,22H,1,12,14-16H2,2H3,(H,27,34)(H,31,32). The van der Waals surface area contributed by atoms with E-state index in [-0.39, 0.29) is 31.2 Å². The number of carbonyl (C=O) groups is 3. The quantitative estimate of drug-likeness (QED) is 0.461. The van der Waals surface area contributed by atoms with Crippen LogP contribution in [0.4, 0.5) is 4.79 Å². The van der Waals surface area contributed by atoms with Gasteiger partial charge >= 0.3 is 12.1 Å². The smallest absolute Gasteiger partial charge is 0.407 e. The normalized spacial score (nSPS) is 11.9. The Morgan fingerprint density at radius 1 is 1.14 bits per heavy atom. The molecule has 1 aliphatic rings. The zero-order valence-corrected chi connectivity index (χ0v) is 19.3. The predicted octanol–water partition coefficient (Wildman–Crippen LogP) is 3.17. The molecule has 35 heavy (non-hydrogen) atoms. The van der Waals surface area contributed by atoms with Gasteiger partial charge in [0, 0.05) is 19.5 Å². The van der Waals surface area contributed by atoms with Gasteiger partial charge in [-0.15, -0.1) is 6.58 Å². The Labute approximate surface area is 202 Å². The van der Waals surface area contributed by atoms with Gasteiger partial charge in [-0.2, -0.15) is 5.10 Å². The lowest BCUT2D eigenvalue weighted by molar-refractivity contribution is -0.137. The number of nitrogens with one attached hydrogen (secondary N) is 1. The number of aliphatic carboxylic acids is 1. The minimum Gasteiger partial charge on any atom is -0.480 e. The number of hydrogen-bond donors (Lipinski definition) is 2. The maximum Gasteiger partial charge on any atom is 0.407 e. The van der Waals surface area contributed by atoms with Crippen LogP contribution in [0.25, 0.3) is 11.1 Å². The van der Waals surface area contributed by atoms with E-state index in [1.807, 2.05) is 36.4 Å². The van der Waals surface area contributed by atoms with Crippen LogP contribution in [0.3, 0.4) is 0 Å². The Morgan fingerprint density at radius 2 is 1.77 bits per heavy atom. The third-order valence-electron chi connectivity index (χ3n) is 6.00. The zero-order valence-electron chi connectivity index (χ0n) is 19.3. The Bertz CT molecular complexity index is 1240. The number of benzene rings is 2. The first kappa shape index (κ1) is 23.7. The molecule has 2 amide bonds. The van der Waals surface area contributed by atoms with Crippen LogP contribution in [-0.2, 0) is 23.1 Å². The summed E-state index contributed by atoms with van der Waals surface area (Å²) >= 11 is 0. The Kier molecular flexibility index (Phi) is 6.96. The van der Waals surface area contributed by atoms with Gasteiger partial charge in [-0.3, -0.25) is 14.3 Å². The molecule has 0 radical (unpaired) electrons. The molecule has 1 aliphatic carbocycles. The van der Waals surface area contributed by atoms with Crippen LogP contribution in [0.1, 0.15) is 33.1 Å². The van der Waals surface area contributed by atoms with Crippen molar-refractivity contribution in [2.75, 3.05) is 19.7 Å². The van der Waals surface area contributed by atoms with Gasteiger partial charge in [-0.25, -0.2) is 4.79 Å². The lowest BCUT2D eigenvalue weighted by Crippen LogP contribution is -2.36. The van der Waals surface area contributed by atoms with Crippen LogP contribution in [0.15, 0.2) is 67.4 Å². The number of nitrogens with zero attached hydrogens (tertiary/aromatic N) is 3. The van der Waals surface area contributed by atoms with Gasteiger partial charge in [0.25, 0.3) is 5.91 Å². The highest BCUT2D eigenvalue weighted by molar-refractivity contribution is 5.96. The largest absolute Gasteiger partial charge is 0.480 e. The minimum atomic E-state index is -1.14. The van der Waals surface area contributed by atoms with Crippen LogP contribution in [0.5, 0.6) is 0 Å². The first-order valence-corrected chi connectivity index (χ1v) is 11.1. The van der Waals surface area contributed by atoms with Crippen molar-refractivity contribution in [2.45, 2.75) is 12.5 Å². The molecule has 0 spiro atoms. The van der Waals surface area contributed by atoms with Crippen molar-refractivity contribution in [1.82, 2.24) is 20.0 Å². The highest BCUT2D eigenvalue weighted by atomic mass is 16.5. The maximum absolute atomic E-state index is 12.9. The van der Waals surface area contributed by atoms with E-state index in [1.54, 1.807) is 7.05 Å². The molecule has 180 valence electrons. The van der Waals surface area contributed by atoms with E-state index < -0.39 is 24.5 Å². The van der Waals surface area contributed by atoms with Crippen molar-refractivity contribution in [3.63, 3.8) is 0 Å². The molecule has 3 aromatic rings. The summed E-state index contributed by atoms with van der Waals surface area (Å²) in [6.45, 7) is 3.33. The number of carbonyl (C=O) groups excluding carboxylic acids is 2. The van der Waals surface area contributed by atoms with E-state index in [1.165, 1.54) is 17.0 Å². The highest BCUT2D eigenvalue weighted by Gasteiger charge is 2.29. The minimum absolute atomic E-state index is 0.0107. The SMILES string of the molecule is C=CCN(CC(=O)O)C(=O)c1cnn(C)c1CNC(=O)OCC1c2ccccc2-c2ccccc21. The number of aryl methyl sites for hydroxylation is 1. The second-order valence-corrected chi connectivity index (χ2v) is 8.18. The van der Waals surface area contributed by atoms with Gasteiger partial charge in [0.2, 0.25) is 0 Å². The number of carboxylic acids is 1. The van der Waals surface area contributed by atoms with E-state index in [0.29, 0.717) is 5.69 Å². The molecule has 0 saturated carbocycles. The summed E-state index contributed by atoms with van der Waals surface area (Å²) in [5, 5.41) is 15.9. The molecule has 0 aliphatic heterocycles. The molecular formula is C26H26N4O5. The number of amides is 2. The monoisotopic (exact) mass is 474 g/mol. The molecule has 9 heteroatoms. The van der Waals surface area contributed by atoms with Gasteiger partial charge in [0.15, 0.2) is 0 Å². The molecule has 4 rings (SSSR count). The second-order valence-electron chi connectivity index (χ2n) is 8.18. The van der Waals surface area contributed by atoms with Crippen molar-refractivity contribution < 1.29 is 24.2 Å². The summed E-state index contributed by atoms with van der Waals surface area (Å²) in [6, 6.07) is 16.1. The molecule has 2 aromatic carbocycles. The van der Waals surface area contributed by atoms with Gasteiger partial charge < -0.3 is 20.1 Å². The summed E-state index contributed by atoms with van der Waals surface area (Å²) < 4.78 is 7.01. The molecule has 0 atom stereocenters. The Balaban J connectivity index is 1.41. The van der Waals surface area contributed by atoms with E-state index in [0.717, 1.165) is 27.2 Å². The number of carboxylic acid groups (broad SMARTS) is 1. The van der Waals surface area contributed by atoms with E-state index >= 15 is 0 Å². The van der Waals surface area contributed by atoms with Gasteiger partial charge in [0.05, 0.1) is 24.0 Å². The topological polar surface area (TPSA) is 114 Å². The van der Waals surface area contributed by atoms with Crippen LogP contribution >= 0.6 is 0 Å². The van der Waals surface area contributed by atoms with Crippen molar-refractivity contribution in [3.05, 3.63) is 89.8 Å². The number of fused-ring (bicyclic) bond motifs is 3. The second kappa shape index (κ2) is 10.3. The number of rotatable bonds is 9. The molecule has 0 bridgehead atoms. The summed E-state index contributed by atoms with van der Waals surface area (Å²) in [5.74, 6) is -1.71. The molecular weight excluding hydrogens is 448 g/mol. The molecule has 1 aromatic heterocycles. The fourth-order valence-corrected chi connectivity index (χ4v) is 4.37. The number of ether oxygens (including phenoxy) is 1. The molecule has 2 N–H and O–H groups in total. The van der Waals surface area contributed by atoms with Gasteiger partial charge in [0.1, 0.15) is 13.2 Å². The zero-order chi connectivity index (χ0) is 24.9. The van der Waals surface area contributed by atoms with E-state index in [2.05, 4.69) is 29.1 Å². The third-order valence-corrected chi connectivity index (χ3v) is 6.00. The molecule has 0 unspecified atom stereocenters. The maximum atomic E-state index is 12.9. The molecule has 1 heterocycles. The molecule has 9 nitrogen and oxygen atoms in total. The predicted molar refractivity (Wildman–Crippen MR) is 129 cm³/mol. The lowest BCUT2D eigenvalue weighted by Gasteiger charge is -2.19. The van der Waals surface area contributed by atoms with Crippen molar-refractivity contribution in [1.29, 1.82) is 0 Å². The number of hydrogen-bond acceptors (Lipinski definition) is 5. The average molecular weight is 475 g/mol. The Morgan fingerprint density at radius 3 is 2.37 bits per heavy atom. The van der Waals surface area contributed by atoms with Crippen LogP contribution < -0.4 is 5.32 Å². The van der Waals surface area contributed by atoms with Gasteiger partial charge in [-0.1, -0.05) is 54.6 Å². The first-order chi connectivity index (χ1) is 16.9. The summed E-state index contributed by atoms with van der Waals surface area (Å²) in [4.78, 5) is 37.7. The third kappa shape index (κ3) is 4.93. The van der Waals surface area contributed by atoms with Gasteiger partial charge in [-0.05, 0) is 22.3 Å². The molecule has 0 saturated heterocycles. The fraction of sp³-hybridized carbons (Fsp3) is 0.231. The van der Waals surface area contributed by atoms with Crippen molar-refractivity contribution >= 4 is 18.0 Å².